The van der Waals surface area contributed by atoms with E-state index in [1.165, 1.54) is 12.1 Å². The number of rotatable bonds is 7. The average Bonchev–Trinajstić information content (AvgIpc) is 2.99. The van der Waals surface area contributed by atoms with Crippen molar-refractivity contribution in [2.75, 3.05) is 13.2 Å². The number of imide groups is 1. The summed E-state index contributed by atoms with van der Waals surface area (Å²) in [5.41, 5.74) is -0.305. The van der Waals surface area contributed by atoms with Gasteiger partial charge in [-0.05, 0) is 48.3 Å². The Morgan fingerprint density at radius 1 is 1.14 bits per heavy atom. The molecule has 2 fully saturated rings. The lowest BCUT2D eigenvalue weighted by Gasteiger charge is -2.43. The molecular formula is C27H32FN3O4. The lowest BCUT2D eigenvalue weighted by molar-refractivity contribution is -0.137. The van der Waals surface area contributed by atoms with Gasteiger partial charge in [-0.25, -0.2) is 9.18 Å². The molecule has 4 rings (SSSR count). The van der Waals surface area contributed by atoms with Crippen LogP contribution < -0.4 is 15.4 Å². The molecule has 0 aromatic heterocycles. The minimum atomic E-state index is -0.967. The maximum absolute atomic E-state index is 14.0. The van der Waals surface area contributed by atoms with Gasteiger partial charge in [0.05, 0.1) is 6.04 Å². The second-order valence-electron chi connectivity index (χ2n) is 10.5. The third-order valence-corrected chi connectivity index (χ3v) is 6.71. The summed E-state index contributed by atoms with van der Waals surface area (Å²) in [7, 11) is 0. The van der Waals surface area contributed by atoms with E-state index in [1.54, 1.807) is 12.1 Å². The first-order valence-electron chi connectivity index (χ1n) is 11.9. The molecule has 1 aliphatic heterocycles. The molecule has 7 nitrogen and oxygen atoms in total. The van der Waals surface area contributed by atoms with Crippen molar-refractivity contribution in [3.05, 3.63) is 66.0 Å². The van der Waals surface area contributed by atoms with Gasteiger partial charge in [0.15, 0.2) is 11.6 Å². The van der Waals surface area contributed by atoms with Crippen LogP contribution in [0, 0.1) is 17.2 Å². The minimum absolute atomic E-state index is 0.0214. The molecule has 8 heteroatoms. The van der Waals surface area contributed by atoms with Gasteiger partial charge in [-0.3, -0.25) is 14.5 Å². The van der Waals surface area contributed by atoms with E-state index in [9.17, 15) is 18.8 Å². The largest absolute Gasteiger partial charge is 0.488 e. The molecule has 0 radical (unpaired) electrons. The van der Waals surface area contributed by atoms with E-state index < -0.39 is 35.9 Å². The van der Waals surface area contributed by atoms with Gasteiger partial charge < -0.3 is 15.4 Å². The number of hydrogen-bond donors (Lipinski definition) is 2. The van der Waals surface area contributed by atoms with Gasteiger partial charge in [-0.15, -0.1) is 0 Å². The van der Waals surface area contributed by atoms with Crippen LogP contribution in [0.1, 0.15) is 51.6 Å². The van der Waals surface area contributed by atoms with Gasteiger partial charge in [0.2, 0.25) is 5.91 Å². The Kier molecular flexibility index (Phi) is 6.83. The zero-order valence-electron chi connectivity index (χ0n) is 20.3. The maximum atomic E-state index is 14.0. The Morgan fingerprint density at radius 3 is 2.51 bits per heavy atom. The molecule has 35 heavy (non-hydrogen) atoms. The fraction of sp³-hybridized carbons (Fsp3) is 0.444. The first-order chi connectivity index (χ1) is 16.6. The fourth-order valence-corrected chi connectivity index (χ4v) is 5.67. The zero-order valence-corrected chi connectivity index (χ0v) is 20.3. The molecule has 1 spiro atoms. The zero-order chi connectivity index (χ0) is 25.2. The Morgan fingerprint density at radius 2 is 1.83 bits per heavy atom. The summed E-state index contributed by atoms with van der Waals surface area (Å²) in [6.45, 7) is 5.85. The van der Waals surface area contributed by atoms with E-state index in [0.717, 1.165) is 16.9 Å². The van der Waals surface area contributed by atoms with Gasteiger partial charge in [0.1, 0.15) is 18.7 Å². The minimum Gasteiger partial charge on any atom is -0.488 e. The second kappa shape index (κ2) is 9.68. The second-order valence-corrected chi connectivity index (χ2v) is 10.5. The van der Waals surface area contributed by atoms with Gasteiger partial charge >= 0.3 is 6.03 Å². The van der Waals surface area contributed by atoms with Crippen LogP contribution in [0.25, 0.3) is 0 Å². The first-order valence-corrected chi connectivity index (χ1v) is 11.9. The molecule has 2 aromatic rings. The van der Waals surface area contributed by atoms with Crippen molar-refractivity contribution in [3.8, 4) is 5.75 Å². The predicted molar refractivity (Wildman–Crippen MR) is 129 cm³/mol. The van der Waals surface area contributed by atoms with Crippen molar-refractivity contribution in [2.24, 2.45) is 11.3 Å². The first kappa shape index (κ1) is 24.7. The van der Waals surface area contributed by atoms with Crippen LogP contribution in [0.5, 0.6) is 5.75 Å². The lowest BCUT2D eigenvalue weighted by atomic mass is 9.64. The molecule has 1 saturated carbocycles. The number of carbonyl (C=O) groups is 3. The van der Waals surface area contributed by atoms with Gasteiger partial charge in [0, 0.05) is 0 Å². The van der Waals surface area contributed by atoms with Gasteiger partial charge in [-0.2, -0.15) is 0 Å². The number of carbonyl (C=O) groups excluding carboxylic acids is 3. The van der Waals surface area contributed by atoms with Crippen LogP contribution in [0.4, 0.5) is 9.18 Å². The van der Waals surface area contributed by atoms with E-state index in [4.69, 9.17) is 4.74 Å². The number of nitrogens with one attached hydrogen (secondary N) is 2. The Bertz CT molecular complexity index is 1110. The van der Waals surface area contributed by atoms with Crippen LogP contribution >= 0.6 is 0 Å². The van der Waals surface area contributed by atoms with Gasteiger partial charge in [-0.1, -0.05) is 63.2 Å². The number of urea groups is 1. The van der Waals surface area contributed by atoms with Crippen molar-refractivity contribution in [1.82, 2.24) is 15.5 Å². The van der Waals surface area contributed by atoms with Crippen LogP contribution in [-0.4, -0.2) is 41.4 Å². The Hall–Kier alpha value is -3.42. The van der Waals surface area contributed by atoms with Crippen molar-refractivity contribution in [1.29, 1.82) is 0 Å². The van der Waals surface area contributed by atoms with E-state index in [1.807, 2.05) is 30.3 Å². The topological polar surface area (TPSA) is 87.7 Å². The molecule has 4 amide bonds. The third-order valence-electron chi connectivity index (χ3n) is 6.71. The number of nitrogens with zero attached hydrogens (tertiary/aromatic N) is 1. The average molecular weight is 482 g/mol. The molecule has 2 aliphatic rings. The summed E-state index contributed by atoms with van der Waals surface area (Å²) in [5, 5.41) is 5.74. The van der Waals surface area contributed by atoms with E-state index in [-0.39, 0.29) is 29.6 Å². The normalized spacial score (nSPS) is 24.2. The molecule has 0 bridgehead atoms. The number of halogens is 1. The van der Waals surface area contributed by atoms with Crippen LogP contribution in [0.3, 0.4) is 0 Å². The standard InChI is InChI=1S/C27H32FN3O4/c1-18-13-26(2,3)17-27(14-18)24(33)31(25(34)30-27)15-23(32)29-21(19-9-5-4-6-10-19)16-35-22-12-8-7-11-20(22)28/h4-12,18,21H,13-17H2,1-3H3,(H,29,32)(H,30,34). The summed E-state index contributed by atoms with van der Waals surface area (Å²) < 4.78 is 19.7. The smallest absolute Gasteiger partial charge is 0.325 e. The number of hydrogen-bond acceptors (Lipinski definition) is 4. The summed E-state index contributed by atoms with van der Waals surface area (Å²) >= 11 is 0. The molecular weight excluding hydrogens is 449 g/mol. The molecule has 3 unspecified atom stereocenters. The maximum Gasteiger partial charge on any atom is 0.325 e. The molecule has 2 aromatic carbocycles. The molecule has 1 saturated heterocycles. The number of amides is 4. The van der Waals surface area contributed by atoms with Crippen molar-refractivity contribution >= 4 is 17.8 Å². The quantitative estimate of drug-likeness (QED) is 0.581. The fourth-order valence-electron chi connectivity index (χ4n) is 5.67. The number of para-hydroxylation sites is 1. The summed E-state index contributed by atoms with van der Waals surface area (Å²) in [4.78, 5) is 40.1. The summed E-state index contributed by atoms with van der Waals surface area (Å²) in [5.74, 6) is -1.00. The molecule has 3 atom stereocenters. The monoisotopic (exact) mass is 481 g/mol. The van der Waals surface area contributed by atoms with E-state index >= 15 is 0 Å². The lowest BCUT2D eigenvalue weighted by Crippen LogP contribution is -2.54. The molecule has 2 N–H and O–H groups in total. The molecule has 1 heterocycles. The summed E-state index contributed by atoms with van der Waals surface area (Å²) in [6.07, 6.45) is 2.07. The highest BCUT2D eigenvalue weighted by atomic mass is 19.1. The van der Waals surface area contributed by atoms with Crippen molar-refractivity contribution < 1.29 is 23.5 Å². The predicted octanol–water partition coefficient (Wildman–Crippen LogP) is 4.20. The van der Waals surface area contributed by atoms with Crippen LogP contribution in [0.2, 0.25) is 0 Å². The van der Waals surface area contributed by atoms with E-state index in [2.05, 4.69) is 31.4 Å². The van der Waals surface area contributed by atoms with E-state index in [0.29, 0.717) is 12.8 Å². The van der Waals surface area contributed by atoms with Crippen molar-refractivity contribution in [3.63, 3.8) is 0 Å². The SMILES string of the molecule is CC1CC(C)(C)CC2(C1)NC(=O)N(CC(=O)NC(COc1ccccc1F)c1ccccc1)C2=O. The highest BCUT2D eigenvalue weighted by Gasteiger charge is 2.56. The molecule has 186 valence electrons. The van der Waals surface area contributed by atoms with Crippen molar-refractivity contribution in [2.45, 2.75) is 51.6 Å². The van der Waals surface area contributed by atoms with Crippen LogP contribution in [0.15, 0.2) is 54.6 Å². The van der Waals surface area contributed by atoms with Gasteiger partial charge in [0.25, 0.3) is 5.91 Å². The van der Waals surface area contributed by atoms with Crippen LogP contribution in [-0.2, 0) is 9.59 Å². The highest BCUT2D eigenvalue weighted by molar-refractivity contribution is 6.09. The summed E-state index contributed by atoms with van der Waals surface area (Å²) in [6, 6.07) is 14.0. The Labute approximate surface area is 205 Å². The molecule has 1 aliphatic carbocycles. The number of ether oxygens (including phenoxy) is 1. The Balaban J connectivity index is 1.46. The number of benzene rings is 2. The third kappa shape index (κ3) is 5.47. The highest BCUT2D eigenvalue weighted by Crippen LogP contribution is 2.46.